The van der Waals surface area contributed by atoms with E-state index in [4.69, 9.17) is 5.73 Å². The summed E-state index contributed by atoms with van der Waals surface area (Å²) in [5.41, 5.74) is 6.38. The molecule has 0 saturated carbocycles. The van der Waals surface area contributed by atoms with Gasteiger partial charge in [0.1, 0.15) is 0 Å². The third kappa shape index (κ3) is 3.08. The number of rotatable bonds is 3. The summed E-state index contributed by atoms with van der Waals surface area (Å²) in [6.45, 7) is 4.00. The number of benzene rings is 1. The van der Waals surface area contributed by atoms with Crippen LogP contribution in [0.15, 0.2) is 18.2 Å². The van der Waals surface area contributed by atoms with Crippen LogP contribution in [0.25, 0.3) is 0 Å². The molecule has 15 heavy (non-hydrogen) atoms. The summed E-state index contributed by atoms with van der Waals surface area (Å²) in [6, 6.07) is 4.14. The maximum atomic E-state index is 13.0. The van der Waals surface area contributed by atoms with E-state index in [2.05, 4.69) is 0 Å². The number of hydrogen-bond donors (Lipinski definition) is 2. The van der Waals surface area contributed by atoms with E-state index in [1.165, 1.54) is 6.07 Å². The summed E-state index contributed by atoms with van der Waals surface area (Å²) >= 11 is 0. The van der Waals surface area contributed by atoms with Gasteiger partial charge in [0.15, 0.2) is 11.6 Å². The molecular formula is C11H17ClFNO. The summed E-state index contributed by atoms with van der Waals surface area (Å²) < 4.78 is 13.0. The first-order chi connectivity index (χ1) is 6.57. The van der Waals surface area contributed by atoms with Crippen molar-refractivity contribution in [3.63, 3.8) is 0 Å². The van der Waals surface area contributed by atoms with Crippen LogP contribution in [0.2, 0.25) is 0 Å². The van der Waals surface area contributed by atoms with Crippen molar-refractivity contribution in [1.82, 2.24) is 0 Å². The maximum Gasteiger partial charge on any atom is 0.165 e. The second kappa shape index (κ2) is 5.93. The van der Waals surface area contributed by atoms with Gasteiger partial charge in [-0.1, -0.05) is 32.4 Å². The van der Waals surface area contributed by atoms with Gasteiger partial charge < -0.3 is 10.8 Å². The van der Waals surface area contributed by atoms with Crippen LogP contribution in [0.4, 0.5) is 4.39 Å². The van der Waals surface area contributed by atoms with Crippen molar-refractivity contribution in [3.8, 4) is 5.75 Å². The van der Waals surface area contributed by atoms with E-state index in [-0.39, 0.29) is 30.1 Å². The molecule has 1 aromatic carbocycles. The monoisotopic (exact) mass is 233 g/mol. The molecule has 1 aromatic rings. The molecular weight excluding hydrogens is 217 g/mol. The standard InChI is InChI=1S/C11H16FNO.ClH/c1-3-7(2)10(13)8-5-4-6-9(12)11(8)14;/h4-7,10,14H,3,13H2,1-2H3;1H/t7?,10-;/m1./s1. The fourth-order valence-electron chi connectivity index (χ4n) is 1.36. The minimum atomic E-state index is -0.610. The number of nitrogens with two attached hydrogens (primary N) is 1. The number of phenolic OH excluding ortho intramolecular Hbond substituents is 1. The summed E-state index contributed by atoms with van der Waals surface area (Å²) in [5.74, 6) is -0.704. The average Bonchev–Trinajstić information content (AvgIpc) is 2.20. The van der Waals surface area contributed by atoms with E-state index in [0.717, 1.165) is 6.42 Å². The Morgan fingerprint density at radius 1 is 1.47 bits per heavy atom. The van der Waals surface area contributed by atoms with Gasteiger partial charge in [0, 0.05) is 11.6 Å². The lowest BCUT2D eigenvalue weighted by Crippen LogP contribution is -2.18. The van der Waals surface area contributed by atoms with Crippen LogP contribution in [0, 0.1) is 11.7 Å². The van der Waals surface area contributed by atoms with Crippen molar-refractivity contribution in [2.45, 2.75) is 26.3 Å². The Morgan fingerprint density at radius 3 is 2.60 bits per heavy atom. The molecule has 1 unspecified atom stereocenters. The highest BCUT2D eigenvalue weighted by atomic mass is 35.5. The molecule has 4 heteroatoms. The van der Waals surface area contributed by atoms with E-state index in [1.807, 2.05) is 13.8 Å². The van der Waals surface area contributed by atoms with Gasteiger partial charge >= 0.3 is 0 Å². The van der Waals surface area contributed by atoms with Crippen LogP contribution in [0.5, 0.6) is 5.75 Å². The highest BCUT2D eigenvalue weighted by molar-refractivity contribution is 5.85. The first kappa shape index (κ1) is 14.2. The molecule has 0 aliphatic carbocycles. The van der Waals surface area contributed by atoms with E-state index in [0.29, 0.717) is 5.56 Å². The van der Waals surface area contributed by atoms with Crippen LogP contribution in [-0.4, -0.2) is 5.11 Å². The average molecular weight is 234 g/mol. The van der Waals surface area contributed by atoms with Crippen LogP contribution < -0.4 is 5.73 Å². The maximum absolute atomic E-state index is 13.0. The quantitative estimate of drug-likeness (QED) is 0.843. The van der Waals surface area contributed by atoms with Crippen molar-refractivity contribution >= 4 is 12.4 Å². The van der Waals surface area contributed by atoms with Crippen molar-refractivity contribution in [1.29, 1.82) is 0 Å². The SMILES string of the molecule is CCC(C)[C@@H](N)c1cccc(F)c1O.Cl. The minimum absolute atomic E-state index is 0. The number of halogens is 2. The normalized spacial score (nSPS) is 14.1. The minimum Gasteiger partial charge on any atom is -0.505 e. The lowest BCUT2D eigenvalue weighted by molar-refractivity contribution is 0.396. The van der Waals surface area contributed by atoms with E-state index in [1.54, 1.807) is 12.1 Å². The molecule has 2 nitrogen and oxygen atoms in total. The molecule has 0 aromatic heterocycles. The number of phenols is 1. The van der Waals surface area contributed by atoms with Gasteiger partial charge in [-0.15, -0.1) is 12.4 Å². The van der Waals surface area contributed by atoms with Gasteiger partial charge in [-0.05, 0) is 12.0 Å². The van der Waals surface area contributed by atoms with Crippen LogP contribution >= 0.6 is 12.4 Å². The van der Waals surface area contributed by atoms with Gasteiger partial charge in [-0.25, -0.2) is 4.39 Å². The molecule has 86 valence electrons. The van der Waals surface area contributed by atoms with Gasteiger partial charge in [0.05, 0.1) is 0 Å². The van der Waals surface area contributed by atoms with Gasteiger partial charge in [-0.3, -0.25) is 0 Å². The van der Waals surface area contributed by atoms with Crippen molar-refractivity contribution < 1.29 is 9.50 Å². The van der Waals surface area contributed by atoms with Crippen molar-refractivity contribution in [2.75, 3.05) is 0 Å². The number of hydrogen-bond acceptors (Lipinski definition) is 2. The summed E-state index contributed by atoms with van der Waals surface area (Å²) in [4.78, 5) is 0. The molecule has 0 radical (unpaired) electrons. The molecule has 0 heterocycles. The predicted molar refractivity (Wildman–Crippen MR) is 61.7 cm³/mol. The fourth-order valence-corrected chi connectivity index (χ4v) is 1.36. The Bertz CT molecular complexity index is 319. The second-order valence-electron chi connectivity index (χ2n) is 3.59. The molecule has 0 fully saturated rings. The Hall–Kier alpha value is -0.800. The third-order valence-electron chi connectivity index (χ3n) is 2.63. The van der Waals surface area contributed by atoms with E-state index in [9.17, 15) is 9.50 Å². The molecule has 1 rings (SSSR count). The van der Waals surface area contributed by atoms with Gasteiger partial charge in [0.2, 0.25) is 0 Å². The predicted octanol–water partition coefficient (Wildman–Crippen LogP) is 3.00. The number of aromatic hydroxyl groups is 1. The highest BCUT2D eigenvalue weighted by Gasteiger charge is 2.18. The summed E-state index contributed by atoms with van der Waals surface area (Å²) in [5, 5.41) is 9.46. The molecule has 0 bridgehead atoms. The zero-order valence-electron chi connectivity index (χ0n) is 8.90. The number of para-hydroxylation sites is 1. The Balaban J connectivity index is 0.00000196. The Morgan fingerprint density at radius 2 is 2.07 bits per heavy atom. The van der Waals surface area contributed by atoms with Crippen LogP contribution in [-0.2, 0) is 0 Å². The molecule has 2 atom stereocenters. The van der Waals surface area contributed by atoms with E-state index < -0.39 is 5.82 Å². The smallest absolute Gasteiger partial charge is 0.165 e. The zero-order chi connectivity index (χ0) is 10.7. The largest absolute Gasteiger partial charge is 0.505 e. The lowest BCUT2D eigenvalue weighted by atomic mass is 9.93. The first-order valence-corrected chi connectivity index (χ1v) is 4.80. The first-order valence-electron chi connectivity index (χ1n) is 4.80. The third-order valence-corrected chi connectivity index (χ3v) is 2.63. The molecule has 0 spiro atoms. The molecule has 0 amide bonds. The molecule has 3 N–H and O–H groups in total. The Kier molecular flexibility index (Phi) is 5.61. The van der Waals surface area contributed by atoms with E-state index >= 15 is 0 Å². The van der Waals surface area contributed by atoms with Crippen molar-refractivity contribution in [2.24, 2.45) is 11.7 Å². The summed E-state index contributed by atoms with van der Waals surface area (Å²) in [7, 11) is 0. The Labute approximate surface area is 95.7 Å². The van der Waals surface area contributed by atoms with Crippen LogP contribution in [0.3, 0.4) is 0 Å². The second-order valence-corrected chi connectivity index (χ2v) is 3.59. The zero-order valence-corrected chi connectivity index (χ0v) is 9.72. The fraction of sp³-hybridized carbons (Fsp3) is 0.455. The van der Waals surface area contributed by atoms with Gasteiger partial charge in [-0.2, -0.15) is 0 Å². The van der Waals surface area contributed by atoms with Gasteiger partial charge in [0.25, 0.3) is 0 Å². The van der Waals surface area contributed by atoms with Crippen molar-refractivity contribution in [3.05, 3.63) is 29.6 Å². The molecule has 0 saturated heterocycles. The molecule has 0 aliphatic rings. The highest BCUT2D eigenvalue weighted by Crippen LogP contribution is 2.30. The van der Waals surface area contributed by atoms with Crippen LogP contribution in [0.1, 0.15) is 31.9 Å². The molecule has 0 aliphatic heterocycles. The summed E-state index contributed by atoms with van der Waals surface area (Å²) in [6.07, 6.45) is 0.900. The lowest BCUT2D eigenvalue weighted by Gasteiger charge is -2.19. The topological polar surface area (TPSA) is 46.2 Å².